The van der Waals surface area contributed by atoms with E-state index in [0.717, 1.165) is 39.2 Å². The highest BCUT2D eigenvalue weighted by molar-refractivity contribution is 7.98. The van der Waals surface area contributed by atoms with Gasteiger partial charge in [0.1, 0.15) is 5.58 Å². The van der Waals surface area contributed by atoms with Crippen LogP contribution < -0.4 is 5.63 Å². The molecule has 0 N–H and O–H groups in total. The van der Waals surface area contributed by atoms with Crippen molar-refractivity contribution < 1.29 is 4.42 Å². The summed E-state index contributed by atoms with van der Waals surface area (Å²) in [5, 5.41) is 2.49. The lowest BCUT2D eigenvalue weighted by Gasteiger charge is -2.12. The number of para-hydroxylation sites is 2. The molecule has 4 aromatic rings. The number of aromatic nitrogens is 2. The maximum Gasteiger partial charge on any atom is 0.336 e. The number of rotatable bonds is 5. The molecule has 0 aliphatic rings. The van der Waals surface area contributed by atoms with Gasteiger partial charge in [-0.3, -0.25) is 0 Å². The van der Waals surface area contributed by atoms with Crippen LogP contribution >= 0.6 is 23.4 Å². The van der Waals surface area contributed by atoms with E-state index >= 15 is 0 Å². The summed E-state index contributed by atoms with van der Waals surface area (Å²) in [6.45, 7) is 7.19. The van der Waals surface area contributed by atoms with Gasteiger partial charge in [-0.1, -0.05) is 49.3 Å². The van der Waals surface area contributed by atoms with Crippen molar-refractivity contribution in [1.82, 2.24) is 9.55 Å². The molecule has 4 rings (SSSR count). The van der Waals surface area contributed by atoms with Gasteiger partial charge < -0.3 is 8.98 Å². The second-order valence-corrected chi connectivity index (χ2v) is 8.71. The molecule has 0 bridgehead atoms. The maximum atomic E-state index is 12.0. The lowest BCUT2D eigenvalue weighted by Crippen LogP contribution is -2.06. The highest BCUT2D eigenvalue weighted by Crippen LogP contribution is 2.31. The summed E-state index contributed by atoms with van der Waals surface area (Å²) in [7, 11) is 0. The second-order valence-electron chi connectivity index (χ2n) is 7.36. The van der Waals surface area contributed by atoms with Crippen molar-refractivity contribution in [3.63, 3.8) is 0 Å². The van der Waals surface area contributed by atoms with E-state index in [9.17, 15) is 4.79 Å². The van der Waals surface area contributed by atoms with Gasteiger partial charge in [0.15, 0.2) is 5.16 Å². The number of hydrogen-bond donors (Lipinski definition) is 0. The number of imidazole rings is 1. The first-order valence-electron chi connectivity index (χ1n) is 9.23. The average Bonchev–Trinajstić information content (AvgIpc) is 2.98. The molecule has 0 aliphatic carbocycles. The Labute approximate surface area is 172 Å². The number of halogens is 1. The Morgan fingerprint density at radius 1 is 1.21 bits per heavy atom. The van der Waals surface area contributed by atoms with Crippen molar-refractivity contribution in [2.24, 2.45) is 5.92 Å². The van der Waals surface area contributed by atoms with E-state index in [-0.39, 0.29) is 5.63 Å². The number of thioether (sulfide) groups is 1. The topological polar surface area (TPSA) is 48.0 Å². The van der Waals surface area contributed by atoms with Gasteiger partial charge in [-0.25, -0.2) is 9.78 Å². The van der Waals surface area contributed by atoms with Crippen LogP contribution in [0.15, 0.2) is 56.8 Å². The molecule has 28 heavy (non-hydrogen) atoms. The molecular formula is C22H21ClN2O2S. The van der Waals surface area contributed by atoms with E-state index in [1.807, 2.05) is 37.3 Å². The molecular weight excluding hydrogens is 392 g/mol. The standard InChI is InChI=1S/C22H21ClN2O2S/c1-13(2)11-25-19-7-5-4-6-18(19)24-22(25)28-12-15-9-21(26)27-20-8-14(3)17(23)10-16(15)20/h4-10,13H,11-12H2,1-3H3. The molecule has 0 spiro atoms. The molecule has 2 heterocycles. The zero-order valence-corrected chi connectivity index (χ0v) is 17.6. The Morgan fingerprint density at radius 2 is 2.00 bits per heavy atom. The third-order valence-corrected chi connectivity index (χ3v) is 6.07. The van der Waals surface area contributed by atoms with Crippen molar-refractivity contribution in [3.05, 3.63) is 69.0 Å². The van der Waals surface area contributed by atoms with Crippen molar-refractivity contribution in [2.45, 2.75) is 38.2 Å². The van der Waals surface area contributed by atoms with Crippen LogP contribution in [-0.2, 0) is 12.3 Å². The fourth-order valence-corrected chi connectivity index (χ4v) is 4.49. The van der Waals surface area contributed by atoms with Crippen molar-refractivity contribution in [1.29, 1.82) is 0 Å². The first-order valence-corrected chi connectivity index (χ1v) is 10.6. The zero-order valence-electron chi connectivity index (χ0n) is 16.0. The van der Waals surface area contributed by atoms with Crippen molar-refractivity contribution >= 4 is 45.4 Å². The molecule has 6 heteroatoms. The summed E-state index contributed by atoms with van der Waals surface area (Å²) in [4.78, 5) is 16.8. The third kappa shape index (κ3) is 3.69. The maximum absolute atomic E-state index is 12.0. The summed E-state index contributed by atoms with van der Waals surface area (Å²) < 4.78 is 7.63. The number of benzene rings is 2. The first kappa shape index (κ1) is 19.1. The Bertz CT molecular complexity index is 1230. The Balaban J connectivity index is 1.74. The number of aryl methyl sites for hydroxylation is 1. The van der Waals surface area contributed by atoms with Gasteiger partial charge in [0, 0.05) is 28.8 Å². The molecule has 0 unspecified atom stereocenters. The lowest BCUT2D eigenvalue weighted by atomic mass is 10.1. The summed E-state index contributed by atoms with van der Waals surface area (Å²) in [5.74, 6) is 1.12. The van der Waals surface area contributed by atoms with E-state index in [1.165, 1.54) is 0 Å². The number of hydrogen-bond acceptors (Lipinski definition) is 4. The Morgan fingerprint density at radius 3 is 2.79 bits per heavy atom. The normalized spacial score (nSPS) is 11.8. The van der Waals surface area contributed by atoms with Crippen molar-refractivity contribution in [3.8, 4) is 0 Å². The monoisotopic (exact) mass is 412 g/mol. The van der Waals surface area contributed by atoms with Crippen LogP contribution in [-0.4, -0.2) is 9.55 Å². The molecule has 0 saturated carbocycles. The molecule has 0 fully saturated rings. The van der Waals surface area contributed by atoms with E-state index in [4.69, 9.17) is 21.0 Å². The van der Waals surface area contributed by atoms with Crippen LogP contribution in [0.5, 0.6) is 0 Å². The largest absolute Gasteiger partial charge is 0.423 e. The molecule has 0 saturated heterocycles. The van der Waals surface area contributed by atoms with Gasteiger partial charge in [-0.05, 0) is 48.2 Å². The third-order valence-electron chi connectivity index (χ3n) is 4.63. The van der Waals surface area contributed by atoms with Crippen LogP contribution in [0.3, 0.4) is 0 Å². The van der Waals surface area contributed by atoms with Crippen LogP contribution in [0.1, 0.15) is 25.0 Å². The smallest absolute Gasteiger partial charge is 0.336 e. The summed E-state index contributed by atoms with van der Waals surface area (Å²) >= 11 is 7.94. The fraction of sp³-hybridized carbons (Fsp3) is 0.273. The van der Waals surface area contributed by atoms with Gasteiger partial charge in [-0.2, -0.15) is 0 Å². The van der Waals surface area contributed by atoms with E-state index < -0.39 is 0 Å². The van der Waals surface area contributed by atoms with Crippen LogP contribution in [0.4, 0.5) is 0 Å². The number of nitrogens with zero attached hydrogens (tertiary/aromatic N) is 2. The minimum absolute atomic E-state index is 0.347. The Kier molecular flexibility index (Phi) is 5.21. The molecule has 2 aromatic carbocycles. The Hall–Kier alpha value is -2.24. The van der Waals surface area contributed by atoms with Gasteiger partial charge in [0.25, 0.3) is 0 Å². The summed E-state index contributed by atoms with van der Waals surface area (Å²) in [5.41, 5.74) is 4.14. The summed E-state index contributed by atoms with van der Waals surface area (Å²) in [6, 6.07) is 13.4. The number of fused-ring (bicyclic) bond motifs is 2. The molecule has 0 amide bonds. The molecule has 0 atom stereocenters. The van der Waals surface area contributed by atoms with Crippen LogP contribution in [0.25, 0.3) is 22.0 Å². The van der Waals surface area contributed by atoms with E-state index in [1.54, 1.807) is 17.8 Å². The molecule has 0 radical (unpaired) electrons. The predicted molar refractivity (Wildman–Crippen MR) is 116 cm³/mol. The molecule has 0 aliphatic heterocycles. The first-order chi connectivity index (χ1) is 13.4. The second kappa shape index (κ2) is 7.64. The quantitative estimate of drug-likeness (QED) is 0.295. The summed E-state index contributed by atoms with van der Waals surface area (Å²) in [6.07, 6.45) is 0. The van der Waals surface area contributed by atoms with Crippen molar-refractivity contribution in [2.75, 3.05) is 0 Å². The van der Waals surface area contributed by atoms with Gasteiger partial charge in [0.2, 0.25) is 0 Å². The zero-order chi connectivity index (χ0) is 19.8. The lowest BCUT2D eigenvalue weighted by molar-refractivity contribution is 0.505. The van der Waals surface area contributed by atoms with E-state index in [2.05, 4.69) is 24.5 Å². The average molecular weight is 413 g/mol. The molecule has 144 valence electrons. The van der Waals surface area contributed by atoms with Gasteiger partial charge in [-0.15, -0.1) is 0 Å². The van der Waals surface area contributed by atoms with Crippen LogP contribution in [0, 0.1) is 12.8 Å². The molecule has 4 nitrogen and oxygen atoms in total. The highest BCUT2D eigenvalue weighted by Gasteiger charge is 2.14. The van der Waals surface area contributed by atoms with Gasteiger partial charge in [0.05, 0.1) is 11.0 Å². The highest BCUT2D eigenvalue weighted by atomic mass is 35.5. The predicted octanol–water partition coefficient (Wildman–Crippen LogP) is 6.05. The minimum atomic E-state index is -0.347. The SMILES string of the molecule is Cc1cc2oc(=O)cc(CSc3nc4ccccc4n3CC(C)C)c2cc1Cl. The minimum Gasteiger partial charge on any atom is -0.423 e. The van der Waals surface area contributed by atoms with Crippen LogP contribution in [0.2, 0.25) is 5.02 Å². The van der Waals surface area contributed by atoms with Gasteiger partial charge >= 0.3 is 5.63 Å². The van der Waals surface area contributed by atoms with E-state index in [0.29, 0.717) is 22.3 Å². The fourth-order valence-electron chi connectivity index (χ4n) is 3.32. The molecule has 2 aromatic heterocycles.